The predicted octanol–water partition coefficient (Wildman–Crippen LogP) is 9.39. The number of rotatable bonds is 14. The van der Waals surface area contributed by atoms with Gasteiger partial charge in [0.1, 0.15) is 0 Å². The molecular formula is C30H57N. The van der Waals surface area contributed by atoms with Crippen molar-refractivity contribution in [2.24, 2.45) is 23.2 Å². The summed E-state index contributed by atoms with van der Waals surface area (Å²) in [5.41, 5.74) is 1.25. The molecule has 182 valence electrons. The molecule has 31 heavy (non-hydrogen) atoms. The summed E-state index contributed by atoms with van der Waals surface area (Å²) < 4.78 is 0. The number of unbranched alkanes of at least 4 members (excludes halogenated alkanes) is 3. The molecule has 0 aromatic heterocycles. The van der Waals surface area contributed by atoms with Crippen molar-refractivity contribution in [2.45, 2.75) is 155 Å². The van der Waals surface area contributed by atoms with Gasteiger partial charge < -0.3 is 0 Å². The smallest absolute Gasteiger partial charge is 0.0398 e. The van der Waals surface area contributed by atoms with Gasteiger partial charge in [0, 0.05) is 12.1 Å². The molecule has 0 radical (unpaired) electrons. The Bertz CT molecular complexity index is 485. The van der Waals surface area contributed by atoms with Crippen molar-refractivity contribution in [1.82, 2.24) is 4.90 Å². The average molecular weight is 432 g/mol. The lowest BCUT2D eigenvalue weighted by atomic mass is 9.60. The summed E-state index contributed by atoms with van der Waals surface area (Å²) in [7, 11) is 0. The lowest BCUT2D eigenvalue weighted by Crippen LogP contribution is -2.46. The van der Waals surface area contributed by atoms with E-state index in [0.717, 1.165) is 17.8 Å². The third-order valence-corrected chi connectivity index (χ3v) is 10.1. The molecule has 1 heterocycles. The van der Waals surface area contributed by atoms with Crippen LogP contribution in [0.5, 0.6) is 0 Å². The highest BCUT2D eigenvalue weighted by molar-refractivity contribution is 5.21. The van der Waals surface area contributed by atoms with Gasteiger partial charge in [-0.1, -0.05) is 105 Å². The summed E-state index contributed by atoms with van der Waals surface area (Å²) in [6.07, 6.45) is 28.2. The maximum absolute atomic E-state index is 3.03. The van der Waals surface area contributed by atoms with E-state index in [1.165, 1.54) is 109 Å². The molecule has 3 rings (SSSR count). The fourth-order valence-corrected chi connectivity index (χ4v) is 7.95. The van der Waals surface area contributed by atoms with Crippen LogP contribution in [0.4, 0.5) is 0 Å². The van der Waals surface area contributed by atoms with Gasteiger partial charge in [0.05, 0.1) is 0 Å². The van der Waals surface area contributed by atoms with Crippen molar-refractivity contribution >= 4 is 0 Å². The van der Waals surface area contributed by atoms with Gasteiger partial charge in [0.15, 0.2) is 0 Å². The van der Waals surface area contributed by atoms with E-state index in [4.69, 9.17) is 0 Å². The van der Waals surface area contributed by atoms with Crippen molar-refractivity contribution in [3.05, 3.63) is 0 Å². The maximum atomic E-state index is 3.03. The molecule has 3 unspecified atom stereocenters. The van der Waals surface area contributed by atoms with Crippen molar-refractivity contribution in [1.29, 1.82) is 0 Å². The lowest BCUT2D eigenvalue weighted by molar-refractivity contribution is 0.0469. The van der Waals surface area contributed by atoms with Crippen LogP contribution in [0.1, 0.15) is 150 Å². The molecule has 1 aliphatic heterocycles. The van der Waals surface area contributed by atoms with E-state index in [1.807, 2.05) is 0 Å². The summed E-state index contributed by atoms with van der Waals surface area (Å²) in [6, 6.07) is 0. The van der Waals surface area contributed by atoms with E-state index in [1.54, 1.807) is 25.7 Å². The predicted molar refractivity (Wildman–Crippen MR) is 138 cm³/mol. The normalized spacial score (nSPS) is 30.8. The van der Waals surface area contributed by atoms with Crippen LogP contribution in [0.25, 0.3) is 0 Å². The Morgan fingerprint density at radius 3 is 2.10 bits per heavy atom. The van der Waals surface area contributed by atoms with E-state index >= 15 is 0 Å². The first-order valence-corrected chi connectivity index (χ1v) is 14.8. The molecule has 3 aliphatic rings. The van der Waals surface area contributed by atoms with E-state index in [9.17, 15) is 0 Å². The number of hydrogen-bond donors (Lipinski definition) is 0. The van der Waals surface area contributed by atoms with E-state index in [2.05, 4.69) is 32.6 Å². The third kappa shape index (κ3) is 6.30. The highest BCUT2D eigenvalue weighted by atomic mass is 15.4. The van der Waals surface area contributed by atoms with Crippen molar-refractivity contribution in [3.8, 4) is 0 Å². The van der Waals surface area contributed by atoms with Crippen LogP contribution in [-0.2, 0) is 0 Å². The van der Waals surface area contributed by atoms with Crippen molar-refractivity contribution < 1.29 is 0 Å². The third-order valence-electron chi connectivity index (χ3n) is 10.1. The Hall–Kier alpha value is -0.0400. The highest BCUT2D eigenvalue weighted by Crippen LogP contribution is 2.64. The molecule has 2 saturated carbocycles. The van der Waals surface area contributed by atoms with Crippen LogP contribution in [0.2, 0.25) is 0 Å². The number of nitrogens with zero attached hydrogens (tertiary/aromatic N) is 1. The van der Waals surface area contributed by atoms with Gasteiger partial charge in [-0.25, -0.2) is 0 Å². The summed E-state index contributed by atoms with van der Waals surface area (Å²) in [4.78, 5) is 3.03. The largest absolute Gasteiger partial charge is 0.294 e. The molecule has 0 aromatic carbocycles. The maximum Gasteiger partial charge on any atom is 0.0398 e. The quantitative estimate of drug-likeness (QED) is 0.150. The summed E-state index contributed by atoms with van der Waals surface area (Å²) in [5.74, 6) is 2.86. The topological polar surface area (TPSA) is 3.01 Å². The van der Waals surface area contributed by atoms with Gasteiger partial charge in [0.25, 0.3) is 0 Å². The summed E-state index contributed by atoms with van der Waals surface area (Å²) in [5, 5.41) is 0. The molecule has 1 heteroatoms. The van der Waals surface area contributed by atoms with Crippen LogP contribution in [0.15, 0.2) is 0 Å². The molecule has 0 bridgehead atoms. The zero-order valence-electron chi connectivity index (χ0n) is 22.0. The molecule has 4 atom stereocenters. The van der Waals surface area contributed by atoms with Gasteiger partial charge >= 0.3 is 0 Å². The minimum absolute atomic E-state index is 0.582. The molecular weight excluding hydrogens is 374 g/mol. The second-order valence-corrected chi connectivity index (χ2v) is 12.3. The first-order valence-electron chi connectivity index (χ1n) is 14.8. The van der Waals surface area contributed by atoms with Gasteiger partial charge in [-0.2, -0.15) is 0 Å². The Morgan fingerprint density at radius 2 is 1.45 bits per heavy atom. The van der Waals surface area contributed by atoms with Gasteiger partial charge in [0.2, 0.25) is 0 Å². The van der Waals surface area contributed by atoms with Gasteiger partial charge in [-0.3, -0.25) is 4.90 Å². The molecule has 0 spiro atoms. The Balaban J connectivity index is 1.61. The van der Waals surface area contributed by atoms with Gasteiger partial charge in [-0.15, -0.1) is 0 Å². The lowest BCUT2D eigenvalue weighted by Gasteiger charge is -2.46. The zero-order valence-corrected chi connectivity index (χ0v) is 22.0. The SMILES string of the molecule is CCCCCC[C@@H](C)CCCN1CC1(CC(C)CC)C1(C2CCCCCC2)CCCC1. The minimum atomic E-state index is 0.582. The molecule has 3 fully saturated rings. The second-order valence-electron chi connectivity index (χ2n) is 12.3. The average Bonchev–Trinajstić information content (AvgIpc) is 3.36. The van der Waals surface area contributed by atoms with E-state index in [0.29, 0.717) is 11.0 Å². The molecule has 0 aromatic rings. The fraction of sp³-hybridized carbons (Fsp3) is 1.00. The van der Waals surface area contributed by atoms with Crippen LogP contribution in [0.3, 0.4) is 0 Å². The Kier molecular flexibility index (Phi) is 10.3. The molecule has 0 amide bonds. The highest BCUT2D eigenvalue weighted by Gasteiger charge is 2.66. The molecule has 0 N–H and O–H groups in total. The monoisotopic (exact) mass is 431 g/mol. The summed E-state index contributed by atoms with van der Waals surface area (Å²) in [6.45, 7) is 12.7. The Labute approximate surface area is 196 Å². The van der Waals surface area contributed by atoms with Gasteiger partial charge in [-0.05, 0) is 74.7 Å². The van der Waals surface area contributed by atoms with Crippen LogP contribution >= 0.6 is 0 Å². The fourth-order valence-electron chi connectivity index (χ4n) is 7.95. The Morgan fingerprint density at radius 1 is 0.774 bits per heavy atom. The van der Waals surface area contributed by atoms with E-state index < -0.39 is 0 Å². The zero-order chi connectivity index (χ0) is 22.2. The van der Waals surface area contributed by atoms with Crippen molar-refractivity contribution in [3.63, 3.8) is 0 Å². The van der Waals surface area contributed by atoms with Crippen LogP contribution in [0, 0.1) is 23.2 Å². The molecule has 1 saturated heterocycles. The van der Waals surface area contributed by atoms with Crippen LogP contribution < -0.4 is 0 Å². The minimum Gasteiger partial charge on any atom is -0.294 e. The first kappa shape index (κ1) is 25.6. The van der Waals surface area contributed by atoms with Crippen LogP contribution in [-0.4, -0.2) is 23.5 Å². The molecule has 1 nitrogen and oxygen atoms in total. The summed E-state index contributed by atoms with van der Waals surface area (Å²) >= 11 is 0. The molecule has 2 aliphatic carbocycles. The standard InChI is InChI=1S/C30H57N/c1-5-7-8-11-17-27(4)18-16-23-31-25-30(31,24-26(3)6-2)29(21-14-15-22-29)28-19-12-9-10-13-20-28/h26-28H,5-25H2,1-4H3/t26?,27-,30?,31?/m1/s1. The van der Waals surface area contributed by atoms with Crippen molar-refractivity contribution in [2.75, 3.05) is 13.1 Å². The first-order chi connectivity index (χ1) is 15.1. The second kappa shape index (κ2) is 12.4. The van der Waals surface area contributed by atoms with E-state index in [-0.39, 0.29) is 0 Å². The number of hydrogen-bond acceptors (Lipinski definition) is 1.